The van der Waals surface area contributed by atoms with Crippen LogP contribution in [0.5, 0.6) is 0 Å². The number of carbonyl (C=O) groups is 1. The van der Waals surface area contributed by atoms with Gasteiger partial charge in [0.15, 0.2) is 5.52 Å². The molecule has 0 bridgehead atoms. The molecule has 0 saturated carbocycles. The van der Waals surface area contributed by atoms with Gasteiger partial charge in [0.2, 0.25) is 5.76 Å². The highest BCUT2D eigenvalue weighted by Gasteiger charge is 2.17. The number of hydrogen-bond acceptors (Lipinski definition) is 7. The molecule has 0 saturated heterocycles. The van der Waals surface area contributed by atoms with E-state index in [1.165, 1.54) is 35.3 Å². The Balaban J connectivity index is 1.85. The van der Waals surface area contributed by atoms with Gasteiger partial charge in [-0.25, -0.2) is 14.6 Å². The molecule has 142 valence electrons. The molecular weight excluding hydrogens is 382 g/mol. The highest BCUT2D eigenvalue weighted by atomic mass is 32.1. The van der Waals surface area contributed by atoms with E-state index in [0.717, 1.165) is 9.44 Å². The van der Waals surface area contributed by atoms with Crippen molar-refractivity contribution < 1.29 is 13.9 Å². The fourth-order valence-electron chi connectivity index (χ4n) is 2.92. The molecule has 0 fully saturated rings. The lowest BCUT2D eigenvalue weighted by molar-refractivity contribution is 0.0563. The number of esters is 1. The summed E-state index contributed by atoms with van der Waals surface area (Å²) >= 11 is 1.46. The maximum absolute atomic E-state index is 13.1. The third-order valence-electron chi connectivity index (χ3n) is 4.24. The smallest absolute Gasteiger partial charge is 0.373 e. The number of furan rings is 1. The van der Waals surface area contributed by atoms with E-state index in [-0.39, 0.29) is 24.4 Å². The minimum Gasteiger partial charge on any atom is -0.463 e. The molecule has 4 aromatic heterocycles. The van der Waals surface area contributed by atoms with Crippen molar-refractivity contribution in [3.8, 4) is 0 Å². The van der Waals surface area contributed by atoms with Crippen molar-refractivity contribution >= 4 is 28.3 Å². The minimum absolute atomic E-state index is 0.0416. The normalized spacial score (nSPS) is 11.0. The molecule has 0 amide bonds. The van der Waals surface area contributed by atoms with E-state index in [2.05, 4.69) is 9.72 Å². The first-order valence-electron chi connectivity index (χ1n) is 8.36. The Bertz CT molecular complexity index is 1270. The SMILES string of the molecule is COC(=O)c1ccc(Cn2c(=O)n(Cc3cccs3)c(=O)c3ncccc32)o1. The van der Waals surface area contributed by atoms with Crippen LogP contribution in [0.15, 0.2) is 62.0 Å². The summed E-state index contributed by atoms with van der Waals surface area (Å²) in [5.74, 6) is -0.179. The van der Waals surface area contributed by atoms with Crippen molar-refractivity contribution in [1.82, 2.24) is 14.1 Å². The molecule has 28 heavy (non-hydrogen) atoms. The Morgan fingerprint density at radius 3 is 2.75 bits per heavy atom. The Morgan fingerprint density at radius 1 is 1.14 bits per heavy atom. The molecule has 0 spiro atoms. The number of aromatic nitrogens is 3. The first-order chi connectivity index (χ1) is 13.6. The third kappa shape index (κ3) is 3.16. The van der Waals surface area contributed by atoms with Crippen LogP contribution < -0.4 is 11.2 Å². The van der Waals surface area contributed by atoms with Gasteiger partial charge in [-0.2, -0.15) is 0 Å². The van der Waals surface area contributed by atoms with Crippen molar-refractivity contribution in [2.24, 2.45) is 0 Å². The lowest BCUT2D eigenvalue weighted by Gasteiger charge is -2.12. The third-order valence-corrected chi connectivity index (χ3v) is 5.10. The average molecular weight is 397 g/mol. The van der Waals surface area contributed by atoms with Crippen molar-refractivity contribution in [2.45, 2.75) is 13.1 Å². The van der Waals surface area contributed by atoms with Crippen LogP contribution in [0.3, 0.4) is 0 Å². The van der Waals surface area contributed by atoms with Crippen molar-refractivity contribution in [3.63, 3.8) is 0 Å². The molecule has 4 rings (SSSR count). The van der Waals surface area contributed by atoms with Gasteiger partial charge in [0.1, 0.15) is 5.76 Å². The molecule has 0 radical (unpaired) electrons. The molecule has 0 aromatic carbocycles. The van der Waals surface area contributed by atoms with Gasteiger partial charge in [-0.3, -0.25) is 13.9 Å². The van der Waals surface area contributed by atoms with Crippen LogP contribution >= 0.6 is 11.3 Å². The molecule has 0 atom stereocenters. The Kier molecular flexibility index (Phi) is 4.66. The summed E-state index contributed by atoms with van der Waals surface area (Å²) in [6, 6.07) is 10.1. The number of thiophene rings is 1. The number of methoxy groups -OCH3 is 1. The number of ether oxygens (including phenoxy) is 1. The van der Waals surface area contributed by atoms with E-state index in [1.54, 1.807) is 18.2 Å². The van der Waals surface area contributed by atoms with E-state index >= 15 is 0 Å². The molecule has 0 aliphatic heterocycles. The van der Waals surface area contributed by atoms with Crippen LogP contribution in [0.25, 0.3) is 11.0 Å². The van der Waals surface area contributed by atoms with E-state index in [1.807, 2.05) is 17.5 Å². The largest absolute Gasteiger partial charge is 0.463 e. The molecule has 0 aliphatic carbocycles. The van der Waals surface area contributed by atoms with E-state index < -0.39 is 17.2 Å². The highest BCUT2D eigenvalue weighted by Crippen LogP contribution is 2.14. The first kappa shape index (κ1) is 17.9. The minimum atomic E-state index is -0.604. The van der Waals surface area contributed by atoms with Crippen LogP contribution in [0.2, 0.25) is 0 Å². The zero-order valence-electron chi connectivity index (χ0n) is 14.8. The molecule has 8 nitrogen and oxygen atoms in total. The molecule has 0 N–H and O–H groups in total. The molecule has 0 unspecified atom stereocenters. The van der Waals surface area contributed by atoms with Gasteiger partial charge in [-0.1, -0.05) is 6.07 Å². The number of pyridine rings is 1. The summed E-state index contributed by atoms with van der Waals surface area (Å²) < 4.78 is 12.7. The summed E-state index contributed by atoms with van der Waals surface area (Å²) in [6.45, 7) is 0.205. The number of hydrogen-bond donors (Lipinski definition) is 0. The average Bonchev–Trinajstić information content (AvgIpc) is 3.40. The fraction of sp³-hybridized carbons (Fsp3) is 0.158. The number of carbonyl (C=O) groups excluding carboxylic acids is 1. The molecule has 4 heterocycles. The van der Waals surface area contributed by atoms with Crippen molar-refractivity contribution in [3.05, 3.63) is 85.2 Å². The zero-order valence-corrected chi connectivity index (χ0v) is 15.6. The number of nitrogens with zero attached hydrogens (tertiary/aromatic N) is 3. The van der Waals surface area contributed by atoms with E-state index in [9.17, 15) is 14.4 Å². The Labute approximate surface area is 162 Å². The van der Waals surface area contributed by atoms with Crippen LogP contribution in [0, 0.1) is 0 Å². The summed E-state index contributed by atoms with van der Waals surface area (Å²) in [5.41, 5.74) is -0.329. The summed E-state index contributed by atoms with van der Waals surface area (Å²) in [7, 11) is 1.26. The maximum Gasteiger partial charge on any atom is 0.373 e. The lowest BCUT2D eigenvalue weighted by atomic mass is 10.3. The number of rotatable bonds is 5. The van der Waals surface area contributed by atoms with Gasteiger partial charge in [0.25, 0.3) is 5.56 Å². The lowest BCUT2D eigenvalue weighted by Crippen LogP contribution is -2.40. The van der Waals surface area contributed by atoms with Crippen LogP contribution in [-0.4, -0.2) is 27.2 Å². The second-order valence-electron chi connectivity index (χ2n) is 5.97. The molecule has 4 aromatic rings. The summed E-state index contributed by atoms with van der Waals surface area (Å²) in [4.78, 5) is 42.6. The van der Waals surface area contributed by atoms with Gasteiger partial charge >= 0.3 is 11.7 Å². The van der Waals surface area contributed by atoms with Crippen LogP contribution in [0.1, 0.15) is 21.2 Å². The summed E-state index contributed by atoms with van der Waals surface area (Å²) in [5, 5.41) is 1.88. The van der Waals surface area contributed by atoms with E-state index in [4.69, 9.17) is 4.42 Å². The van der Waals surface area contributed by atoms with Gasteiger partial charge < -0.3 is 9.15 Å². The van der Waals surface area contributed by atoms with Gasteiger partial charge in [0, 0.05) is 11.1 Å². The highest BCUT2D eigenvalue weighted by molar-refractivity contribution is 7.09. The standard InChI is InChI=1S/C19H15N3O5S/c1-26-18(24)15-7-6-12(27-15)10-21-14-5-2-8-20-16(14)17(23)22(19(21)25)11-13-4-3-9-28-13/h2-9H,10-11H2,1H3. The van der Waals surface area contributed by atoms with Crippen LogP contribution in [-0.2, 0) is 17.8 Å². The monoisotopic (exact) mass is 397 g/mol. The zero-order chi connectivity index (χ0) is 19.7. The predicted octanol–water partition coefficient (Wildman–Crippen LogP) is 2.10. The maximum atomic E-state index is 13.1. The summed E-state index contributed by atoms with van der Waals surface area (Å²) in [6.07, 6.45) is 1.51. The topological polar surface area (TPSA) is 96.3 Å². The van der Waals surface area contributed by atoms with E-state index in [0.29, 0.717) is 11.3 Å². The first-order valence-corrected chi connectivity index (χ1v) is 9.24. The second-order valence-corrected chi connectivity index (χ2v) is 7.00. The number of fused-ring (bicyclic) bond motifs is 1. The fourth-order valence-corrected chi connectivity index (χ4v) is 3.62. The Hall–Kier alpha value is -3.46. The van der Waals surface area contributed by atoms with Gasteiger partial charge in [0.05, 0.1) is 25.7 Å². The Morgan fingerprint density at radius 2 is 2.00 bits per heavy atom. The quantitative estimate of drug-likeness (QED) is 0.479. The second kappa shape index (κ2) is 7.28. The van der Waals surface area contributed by atoms with Crippen molar-refractivity contribution in [2.75, 3.05) is 7.11 Å². The van der Waals surface area contributed by atoms with Gasteiger partial charge in [-0.05, 0) is 35.7 Å². The molecular formula is C19H15N3O5S. The van der Waals surface area contributed by atoms with Crippen molar-refractivity contribution in [1.29, 1.82) is 0 Å². The molecule has 9 heteroatoms. The van der Waals surface area contributed by atoms with Crippen LogP contribution in [0.4, 0.5) is 0 Å². The molecule has 0 aliphatic rings. The predicted molar refractivity (Wildman–Crippen MR) is 103 cm³/mol. The van der Waals surface area contributed by atoms with Gasteiger partial charge in [-0.15, -0.1) is 11.3 Å².